The quantitative estimate of drug-likeness (QED) is 0.848. The average molecular weight is 347 g/mol. The molecule has 0 saturated carbocycles. The Hall–Kier alpha value is -2.19. The van der Waals surface area contributed by atoms with Crippen LogP contribution >= 0.6 is 0 Å². The zero-order valence-electron chi connectivity index (χ0n) is 15.0. The molecule has 1 aliphatic heterocycles. The second-order valence-electron chi connectivity index (χ2n) is 6.24. The van der Waals surface area contributed by atoms with E-state index in [9.17, 15) is 4.79 Å². The van der Waals surface area contributed by atoms with Gasteiger partial charge in [0, 0.05) is 44.0 Å². The second-order valence-corrected chi connectivity index (χ2v) is 6.24. The predicted molar refractivity (Wildman–Crippen MR) is 92.3 cm³/mol. The van der Waals surface area contributed by atoms with Crippen LogP contribution in [0.15, 0.2) is 16.8 Å². The van der Waals surface area contributed by atoms with E-state index in [-0.39, 0.29) is 17.6 Å². The Bertz CT molecular complexity index is 718. The van der Waals surface area contributed by atoms with E-state index in [4.69, 9.17) is 9.26 Å². The molecule has 2 aromatic heterocycles. The molecule has 0 aromatic carbocycles. The van der Waals surface area contributed by atoms with Crippen molar-refractivity contribution in [2.45, 2.75) is 33.4 Å². The number of aromatic nitrogens is 3. The molecule has 8 nitrogen and oxygen atoms in total. The summed E-state index contributed by atoms with van der Waals surface area (Å²) in [6.07, 6.45) is 1.74. The van der Waals surface area contributed by atoms with Gasteiger partial charge in [0.1, 0.15) is 0 Å². The molecule has 1 N–H and O–H groups in total. The minimum absolute atomic E-state index is 0.226. The normalized spacial score (nSPS) is 16.8. The smallest absolute Gasteiger partial charge is 0.273 e. The van der Waals surface area contributed by atoms with Crippen LogP contribution in [0.1, 0.15) is 30.0 Å². The summed E-state index contributed by atoms with van der Waals surface area (Å²) in [7, 11) is 0. The summed E-state index contributed by atoms with van der Waals surface area (Å²) in [6, 6.07) is 1.92. The first kappa shape index (κ1) is 17.6. The van der Waals surface area contributed by atoms with Crippen LogP contribution in [0.2, 0.25) is 0 Å². The number of ether oxygens (including phenoxy) is 1. The second kappa shape index (κ2) is 7.79. The van der Waals surface area contributed by atoms with E-state index in [2.05, 4.69) is 27.4 Å². The van der Waals surface area contributed by atoms with Crippen molar-refractivity contribution in [3.05, 3.63) is 23.7 Å². The number of nitrogens with one attached hydrogen (secondary N) is 1. The van der Waals surface area contributed by atoms with Gasteiger partial charge in [-0.2, -0.15) is 5.10 Å². The highest BCUT2D eigenvalue weighted by atomic mass is 16.5. The van der Waals surface area contributed by atoms with E-state index in [1.807, 2.05) is 18.5 Å². The molecule has 0 spiro atoms. The fraction of sp³-hybridized carbons (Fsp3) is 0.588. The molecule has 25 heavy (non-hydrogen) atoms. The van der Waals surface area contributed by atoms with E-state index in [0.717, 1.165) is 44.1 Å². The molecule has 2 aromatic rings. The van der Waals surface area contributed by atoms with Crippen LogP contribution in [-0.2, 0) is 11.3 Å². The number of morpholine rings is 1. The van der Waals surface area contributed by atoms with Gasteiger partial charge in [0.15, 0.2) is 11.5 Å². The molecule has 8 heteroatoms. The third-order valence-corrected chi connectivity index (χ3v) is 4.64. The summed E-state index contributed by atoms with van der Waals surface area (Å²) in [6.45, 7) is 10.7. The SMILES string of the molecule is CCn1ncc(-c2cc(C(=O)NC[C@@H](C)N3CCOCC3)no2)c1C. The minimum Gasteiger partial charge on any atom is -0.379 e. The molecule has 1 atom stereocenters. The Kier molecular flexibility index (Phi) is 5.50. The number of hydrogen-bond donors (Lipinski definition) is 1. The fourth-order valence-corrected chi connectivity index (χ4v) is 2.99. The van der Waals surface area contributed by atoms with E-state index >= 15 is 0 Å². The van der Waals surface area contributed by atoms with Crippen LogP contribution in [-0.4, -0.2) is 64.6 Å². The van der Waals surface area contributed by atoms with Gasteiger partial charge in [-0.05, 0) is 20.8 Å². The van der Waals surface area contributed by atoms with Crippen molar-refractivity contribution >= 4 is 5.91 Å². The predicted octanol–water partition coefficient (Wildman–Crippen LogP) is 1.32. The van der Waals surface area contributed by atoms with Crippen LogP contribution in [0.4, 0.5) is 0 Å². The Balaban J connectivity index is 1.59. The monoisotopic (exact) mass is 347 g/mol. The average Bonchev–Trinajstić information content (AvgIpc) is 3.26. The third kappa shape index (κ3) is 3.91. The maximum atomic E-state index is 12.3. The molecule has 0 bridgehead atoms. The lowest BCUT2D eigenvalue weighted by Gasteiger charge is -2.32. The summed E-state index contributed by atoms with van der Waals surface area (Å²) >= 11 is 0. The lowest BCUT2D eigenvalue weighted by molar-refractivity contribution is 0.0204. The number of carbonyl (C=O) groups is 1. The van der Waals surface area contributed by atoms with Gasteiger partial charge in [-0.1, -0.05) is 5.16 Å². The van der Waals surface area contributed by atoms with Gasteiger partial charge in [-0.15, -0.1) is 0 Å². The van der Waals surface area contributed by atoms with Crippen LogP contribution in [0.3, 0.4) is 0 Å². The molecule has 136 valence electrons. The number of hydrogen-bond acceptors (Lipinski definition) is 6. The number of amides is 1. The molecular formula is C17H25N5O3. The van der Waals surface area contributed by atoms with Gasteiger partial charge < -0.3 is 14.6 Å². The van der Waals surface area contributed by atoms with E-state index in [0.29, 0.717) is 12.3 Å². The van der Waals surface area contributed by atoms with Crippen molar-refractivity contribution in [3.8, 4) is 11.3 Å². The maximum absolute atomic E-state index is 12.3. The van der Waals surface area contributed by atoms with Gasteiger partial charge in [-0.25, -0.2) is 0 Å². The number of nitrogens with zero attached hydrogens (tertiary/aromatic N) is 4. The first-order valence-corrected chi connectivity index (χ1v) is 8.69. The lowest BCUT2D eigenvalue weighted by atomic mass is 10.2. The van der Waals surface area contributed by atoms with Crippen LogP contribution in [0, 0.1) is 6.92 Å². The Morgan fingerprint density at radius 2 is 2.16 bits per heavy atom. The van der Waals surface area contributed by atoms with Crippen molar-refractivity contribution in [2.24, 2.45) is 0 Å². The molecule has 0 aliphatic carbocycles. The molecule has 0 unspecified atom stereocenters. The molecular weight excluding hydrogens is 322 g/mol. The first-order valence-electron chi connectivity index (χ1n) is 8.69. The molecule has 0 radical (unpaired) electrons. The molecule has 1 saturated heterocycles. The molecule has 1 fully saturated rings. The van der Waals surface area contributed by atoms with Gasteiger partial charge in [0.05, 0.1) is 25.0 Å². The lowest BCUT2D eigenvalue weighted by Crippen LogP contribution is -2.47. The standard InChI is InChI=1S/C17H25N5O3/c1-4-22-13(3)14(11-19-22)16-9-15(20-25-16)17(23)18-10-12(2)21-5-7-24-8-6-21/h9,11-12H,4-8,10H2,1-3H3,(H,18,23)/t12-/m1/s1. The summed E-state index contributed by atoms with van der Waals surface area (Å²) in [4.78, 5) is 14.6. The summed E-state index contributed by atoms with van der Waals surface area (Å²) in [5.74, 6) is 0.333. The summed E-state index contributed by atoms with van der Waals surface area (Å²) in [5.41, 5.74) is 2.13. The minimum atomic E-state index is -0.226. The highest BCUT2D eigenvalue weighted by molar-refractivity contribution is 5.93. The van der Waals surface area contributed by atoms with E-state index < -0.39 is 0 Å². The number of aryl methyl sites for hydroxylation is 1. The van der Waals surface area contributed by atoms with E-state index in [1.54, 1.807) is 12.3 Å². The van der Waals surface area contributed by atoms with Crippen molar-refractivity contribution in [1.29, 1.82) is 0 Å². The van der Waals surface area contributed by atoms with Crippen molar-refractivity contribution in [2.75, 3.05) is 32.8 Å². The van der Waals surface area contributed by atoms with Gasteiger partial charge >= 0.3 is 0 Å². The van der Waals surface area contributed by atoms with Crippen molar-refractivity contribution in [1.82, 2.24) is 25.2 Å². The van der Waals surface area contributed by atoms with Crippen molar-refractivity contribution < 1.29 is 14.1 Å². The first-order chi connectivity index (χ1) is 12.1. The van der Waals surface area contributed by atoms with Gasteiger partial charge in [0.2, 0.25) is 0 Å². The number of carbonyl (C=O) groups excluding carboxylic acids is 1. The largest absolute Gasteiger partial charge is 0.379 e. The molecule has 1 amide bonds. The van der Waals surface area contributed by atoms with Crippen LogP contribution in [0.5, 0.6) is 0 Å². The fourth-order valence-electron chi connectivity index (χ4n) is 2.99. The Labute approximate surface area is 147 Å². The van der Waals surface area contributed by atoms with Gasteiger partial charge in [-0.3, -0.25) is 14.4 Å². The zero-order valence-corrected chi connectivity index (χ0v) is 15.0. The topological polar surface area (TPSA) is 85.4 Å². The van der Waals surface area contributed by atoms with Gasteiger partial charge in [0.25, 0.3) is 5.91 Å². The highest BCUT2D eigenvalue weighted by Crippen LogP contribution is 2.23. The van der Waals surface area contributed by atoms with Crippen LogP contribution < -0.4 is 5.32 Å². The van der Waals surface area contributed by atoms with E-state index in [1.165, 1.54) is 0 Å². The number of rotatable bonds is 6. The Morgan fingerprint density at radius 1 is 1.40 bits per heavy atom. The highest BCUT2D eigenvalue weighted by Gasteiger charge is 2.20. The maximum Gasteiger partial charge on any atom is 0.273 e. The molecule has 3 rings (SSSR count). The third-order valence-electron chi connectivity index (χ3n) is 4.64. The summed E-state index contributed by atoms with van der Waals surface area (Å²) in [5, 5.41) is 11.1. The summed E-state index contributed by atoms with van der Waals surface area (Å²) < 4.78 is 12.6. The van der Waals surface area contributed by atoms with Crippen molar-refractivity contribution in [3.63, 3.8) is 0 Å². The molecule has 1 aliphatic rings. The Morgan fingerprint density at radius 3 is 2.84 bits per heavy atom. The zero-order chi connectivity index (χ0) is 17.8. The van der Waals surface area contributed by atoms with Crippen LogP contribution in [0.25, 0.3) is 11.3 Å². The molecule has 3 heterocycles.